The number of ether oxygens (including phenoxy) is 2. The van der Waals surface area contributed by atoms with E-state index < -0.39 is 35.2 Å². The van der Waals surface area contributed by atoms with Crippen molar-refractivity contribution in [3.05, 3.63) is 29.8 Å². The van der Waals surface area contributed by atoms with Crippen LogP contribution in [0.5, 0.6) is 0 Å². The Morgan fingerprint density at radius 1 is 1.25 bits per heavy atom. The molecule has 1 amide bonds. The van der Waals surface area contributed by atoms with Gasteiger partial charge in [0.25, 0.3) is 0 Å². The Labute approximate surface area is 164 Å². The third-order valence-electron chi connectivity index (χ3n) is 5.13. The lowest BCUT2D eigenvalue weighted by Crippen LogP contribution is -2.50. The number of esters is 1. The van der Waals surface area contributed by atoms with Crippen molar-refractivity contribution in [1.82, 2.24) is 0 Å². The van der Waals surface area contributed by atoms with Gasteiger partial charge in [0, 0.05) is 12.6 Å². The van der Waals surface area contributed by atoms with Gasteiger partial charge in [0.15, 0.2) is 0 Å². The number of fused-ring (bicyclic) bond motifs is 2. The summed E-state index contributed by atoms with van der Waals surface area (Å²) >= 11 is 0. The average molecular weight is 386 g/mol. The molecule has 0 bridgehead atoms. The molecule has 0 radical (unpaired) electrons. The average Bonchev–Trinajstić information content (AvgIpc) is 3.15. The number of methoxy groups -OCH3 is 1. The normalized spacial score (nSPS) is 25.7. The van der Waals surface area contributed by atoms with Gasteiger partial charge in [-0.1, -0.05) is 18.2 Å². The van der Waals surface area contributed by atoms with Gasteiger partial charge in [0.2, 0.25) is 0 Å². The van der Waals surface area contributed by atoms with Gasteiger partial charge >= 0.3 is 12.1 Å². The van der Waals surface area contributed by atoms with E-state index in [1.807, 2.05) is 24.3 Å². The van der Waals surface area contributed by atoms with Crippen molar-refractivity contribution in [1.29, 1.82) is 0 Å². The molecule has 1 aromatic rings. The molecular formula is C21H26N2O5. The molecule has 2 aliphatic rings. The summed E-state index contributed by atoms with van der Waals surface area (Å²) in [6, 6.07) is 6.29. The SMILES string of the molecule is COC(=O)[C@@H]1C[C@@]2(C=N1)c1ccccc1N(C(=O)OC(C)(C)C)[C@@H]2CC(C)=O. The summed E-state index contributed by atoms with van der Waals surface area (Å²) in [5.41, 5.74) is 0.126. The molecule has 1 spiro atoms. The molecule has 150 valence electrons. The molecule has 2 heterocycles. The second kappa shape index (κ2) is 7.04. The number of rotatable bonds is 3. The van der Waals surface area contributed by atoms with Crippen LogP contribution in [0, 0.1) is 0 Å². The minimum absolute atomic E-state index is 0.0549. The number of Topliss-reactive ketones (excluding diaryl/α,β-unsaturated/α-hetero) is 1. The number of ketones is 1. The van der Waals surface area contributed by atoms with Crippen molar-refractivity contribution in [2.45, 2.75) is 63.6 Å². The second-order valence-corrected chi connectivity index (χ2v) is 8.35. The summed E-state index contributed by atoms with van der Waals surface area (Å²) < 4.78 is 10.5. The van der Waals surface area contributed by atoms with Crippen LogP contribution in [0.15, 0.2) is 29.3 Å². The molecule has 0 N–H and O–H groups in total. The molecule has 0 saturated carbocycles. The molecular weight excluding hydrogens is 360 g/mol. The number of nitrogens with zero attached hydrogens (tertiary/aromatic N) is 2. The van der Waals surface area contributed by atoms with Crippen molar-refractivity contribution >= 4 is 29.7 Å². The summed E-state index contributed by atoms with van der Waals surface area (Å²) in [6.45, 7) is 6.89. The number of para-hydroxylation sites is 1. The fourth-order valence-electron chi connectivity index (χ4n) is 4.07. The predicted molar refractivity (Wildman–Crippen MR) is 105 cm³/mol. The highest BCUT2D eigenvalue weighted by Crippen LogP contribution is 2.51. The first-order valence-corrected chi connectivity index (χ1v) is 9.32. The van der Waals surface area contributed by atoms with Crippen LogP contribution in [0.3, 0.4) is 0 Å². The van der Waals surface area contributed by atoms with E-state index in [0.29, 0.717) is 12.1 Å². The summed E-state index contributed by atoms with van der Waals surface area (Å²) in [5, 5.41) is 0. The van der Waals surface area contributed by atoms with E-state index in [1.54, 1.807) is 31.9 Å². The Morgan fingerprint density at radius 3 is 2.54 bits per heavy atom. The van der Waals surface area contributed by atoms with E-state index in [0.717, 1.165) is 5.56 Å². The molecule has 7 heteroatoms. The Balaban J connectivity index is 2.09. The highest BCUT2D eigenvalue weighted by atomic mass is 16.6. The van der Waals surface area contributed by atoms with Gasteiger partial charge in [-0.3, -0.25) is 14.7 Å². The topological polar surface area (TPSA) is 85.3 Å². The van der Waals surface area contributed by atoms with Gasteiger partial charge < -0.3 is 9.47 Å². The fraction of sp³-hybridized carbons (Fsp3) is 0.524. The van der Waals surface area contributed by atoms with Crippen LogP contribution >= 0.6 is 0 Å². The minimum atomic E-state index is -0.738. The zero-order chi connectivity index (χ0) is 20.7. The summed E-state index contributed by atoms with van der Waals surface area (Å²) in [5.74, 6) is -0.483. The van der Waals surface area contributed by atoms with Crippen molar-refractivity contribution in [2.75, 3.05) is 12.0 Å². The van der Waals surface area contributed by atoms with Crippen LogP contribution in [0.4, 0.5) is 10.5 Å². The van der Waals surface area contributed by atoms with Crippen LogP contribution in [0.2, 0.25) is 0 Å². The minimum Gasteiger partial charge on any atom is -0.467 e. The maximum atomic E-state index is 13.1. The summed E-state index contributed by atoms with van der Waals surface area (Å²) in [4.78, 5) is 43.2. The maximum absolute atomic E-state index is 13.1. The van der Waals surface area contributed by atoms with Gasteiger partial charge in [0.1, 0.15) is 17.4 Å². The van der Waals surface area contributed by atoms with Crippen LogP contribution in [0.25, 0.3) is 0 Å². The molecule has 0 fully saturated rings. The van der Waals surface area contributed by atoms with E-state index in [4.69, 9.17) is 9.47 Å². The van der Waals surface area contributed by atoms with Gasteiger partial charge in [-0.25, -0.2) is 9.59 Å². The Bertz CT molecular complexity index is 841. The zero-order valence-corrected chi connectivity index (χ0v) is 16.9. The number of hydrogen-bond donors (Lipinski definition) is 0. The maximum Gasteiger partial charge on any atom is 0.415 e. The zero-order valence-electron chi connectivity index (χ0n) is 16.9. The number of amides is 1. The first-order chi connectivity index (χ1) is 13.1. The highest BCUT2D eigenvalue weighted by Gasteiger charge is 2.56. The first kappa shape index (κ1) is 20.0. The number of anilines is 1. The molecule has 0 aliphatic carbocycles. The molecule has 0 saturated heterocycles. The molecule has 3 atom stereocenters. The van der Waals surface area contributed by atoms with Gasteiger partial charge in [0.05, 0.1) is 24.3 Å². The van der Waals surface area contributed by atoms with Crippen molar-refractivity contribution in [3.8, 4) is 0 Å². The predicted octanol–water partition coefficient (Wildman–Crippen LogP) is 3.04. The van der Waals surface area contributed by atoms with E-state index >= 15 is 0 Å². The first-order valence-electron chi connectivity index (χ1n) is 9.32. The lowest BCUT2D eigenvalue weighted by atomic mass is 9.73. The number of carbonyl (C=O) groups is 3. The van der Waals surface area contributed by atoms with Gasteiger partial charge in [-0.15, -0.1) is 0 Å². The van der Waals surface area contributed by atoms with E-state index in [1.165, 1.54) is 14.0 Å². The largest absolute Gasteiger partial charge is 0.467 e. The molecule has 2 aliphatic heterocycles. The van der Waals surface area contributed by atoms with E-state index in [9.17, 15) is 14.4 Å². The van der Waals surface area contributed by atoms with Gasteiger partial charge in [-0.2, -0.15) is 0 Å². The van der Waals surface area contributed by atoms with Gasteiger partial charge in [-0.05, 0) is 45.7 Å². The molecule has 0 unspecified atom stereocenters. The molecule has 0 aromatic heterocycles. The molecule has 28 heavy (non-hydrogen) atoms. The Kier molecular flexibility index (Phi) is 5.04. The number of aliphatic imine (C=N–C) groups is 1. The summed E-state index contributed by atoms with van der Waals surface area (Å²) in [6.07, 6.45) is 1.67. The van der Waals surface area contributed by atoms with E-state index in [-0.39, 0.29) is 12.2 Å². The number of carbonyl (C=O) groups excluding carboxylic acids is 3. The standard InChI is InChI=1S/C21H26N2O5/c1-13(24)10-17-21(11-15(22-12-21)18(25)27-5)14-8-6-7-9-16(14)23(17)19(26)28-20(2,3)4/h6-9,12,15,17H,10-11H2,1-5H3/t15-,17+,21+/m0/s1. The third-order valence-corrected chi connectivity index (χ3v) is 5.13. The third kappa shape index (κ3) is 3.41. The highest BCUT2D eigenvalue weighted by molar-refractivity contribution is 6.00. The van der Waals surface area contributed by atoms with Crippen LogP contribution < -0.4 is 4.90 Å². The smallest absolute Gasteiger partial charge is 0.415 e. The lowest BCUT2D eigenvalue weighted by Gasteiger charge is -2.34. The van der Waals surface area contributed by atoms with Crippen molar-refractivity contribution in [3.63, 3.8) is 0 Å². The molecule has 3 rings (SSSR count). The second-order valence-electron chi connectivity index (χ2n) is 8.35. The quantitative estimate of drug-likeness (QED) is 0.746. The van der Waals surface area contributed by atoms with E-state index in [2.05, 4.69) is 4.99 Å². The Morgan fingerprint density at radius 2 is 1.93 bits per heavy atom. The van der Waals surface area contributed by atoms with Crippen LogP contribution in [-0.2, 0) is 24.5 Å². The number of hydrogen-bond acceptors (Lipinski definition) is 6. The van der Waals surface area contributed by atoms with Crippen LogP contribution in [-0.4, -0.2) is 48.9 Å². The summed E-state index contributed by atoms with van der Waals surface area (Å²) in [7, 11) is 1.32. The van der Waals surface area contributed by atoms with Crippen molar-refractivity contribution in [2.24, 2.45) is 4.99 Å². The number of benzene rings is 1. The molecule has 1 aromatic carbocycles. The van der Waals surface area contributed by atoms with Crippen LogP contribution in [0.1, 0.15) is 46.1 Å². The van der Waals surface area contributed by atoms with Crippen molar-refractivity contribution < 1.29 is 23.9 Å². The fourth-order valence-corrected chi connectivity index (χ4v) is 4.07. The lowest BCUT2D eigenvalue weighted by molar-refractivity contribution is -0.142. The molecule has 7 nitrogen and oxygen atoms in total. The monoisotopic (exact) mass is 386 g/mol. The Hall–Kier alpha value is -2.70.